The maximum absolute atomic E-state index is 12.0. The van der Waals surface area contributed by atoms with E-state index in [1.807, 2.05) is 43.0 Å². The molecule has 6 nitrogen and oxygen atoms in total. The van der Waals surface area contributed by atoms with Crippen molar-refractivity contribution in [3.8, 4) is 5.75 Å². The van der Waals surface area contributed by atoms with E-state index in [-0.39, 0.29) is 24.0 Å². The fraction of sp³-hybridized carbons (Fsp3) is 0.579. The summed E-state index contributed by atoms with van der Waals surface area (Å²) in [5, 5.41) is 9.40. The van der Waals surface area contributed by atoms with Crippen molar-refractivity contribution in [1.29, 1.82) is 0 Å². The van der Waals surface area contributed by atoms with Crippen molar-refractivity contribution >= 4 is 23.7 Å². The van der Waals surface area contributed by atoms with E-state index in [0.29, 0.717) is 24.8 Å². The quantitative estimate of drug-likeness (QED) is 0.456. The molecule has 2 aliphatic heterocycles. The Morgan fingerprint density at radius 2 is 2.23 bits per heavy atom. The van der Waals surface area contributed by atoms with Gasteiger partial charge in [0.15, 0.2) is 0 Å². The zero-order chi connectivity index (χ0) is 18.4. The van der Waals surface area contributed by atoms with Gasteiger partial charge in [0.1, 0.15) is 5.75 Å². The minimum atomic E-state index is -0.0434. The van der Waals surface area contributed by atoms with Gasteiger partial charge in [-0.05, 0) is 37.5 Å². The number of nitrogens with one attached hydrogen (secondary N) is 3. The van der Waals surface area contributed by atoms with Crippen LogP contribution in [0.4, 0.5) is 4.79 Å². The van der Waals surface area contributed by atoms with Gasteiger partial charge in [0.25, 0.3) is 0 Å². The Kier molecular flexibility index (Phi) is 6.66. The number of hydrogen-bond donors (Lipinski definition) is 3. The molecular weight excluding hydrogens is 350 g/mol. The second kappa shape index (κ2) is 9.16. The highest BCUT2D eigenvalue weighted by Crippen LogP contribution is 2.33. The Morgan fingerprint density at radius 1 is 1.35 bits per heavy atom. The van der Waals surface area contributed by atoms with Crippen LogP contribution < -0.4 is 20.7 Å². The van der Waals surface area contributed by atoms with Crippen molar-refractivity contribution in [3.05, 3.63) is 29.8 Å². The highest BCUT2D eigenvalue weighted by Gasteiger charge is 2.42. The minimum absolute atomic E-state index is 0.0434. The van der Waals surface area contributed by atoms with E-state index < -0.39 is 0 Å². The van der Waals surface area contributed by atoms with Crippen LogP contribution in [0.25, 0.3) is 0 Å². The third kappa shape index (κ3) is 5.06. The van der Waals surface area contributed by atoms with Gasteiger partial charge in [-0.2, -0.15) is 11.8 Å². The predicted octanol–water partition coefficient (Wildman–Crippen LogP) is 2.43. The van der Waals surface area contributed by atoms with Crippen LogP contribution in [0.2, 0.25) is 0 Å². The van der Waals surface area contributed by atoms with E-state index in [1.165, 1.54) is 0 Å². The number of thioether (sulfide) groups is 1. The molecule has 1 aromatic carbocycles. The van der Waals surface area contributed by atoms with Gasteiger partial charge in [-0.15, -0.1) is 0 Å². The van der Waals surface area contributed by atoms with Gasteiger partial charge in [-0.1, -0.05) is 18.6 Å². The summed E-state index contributed by atoms with van der Waals surface area (Å²) in [6.07, 6.45) is 3.46. The third-order valence-corrected chi connectivity index (χ3v) is 6.29. The first kappa shape index (κ1) is 18.9. The number of fused-ring (bicyclic) bond motifs is 1. The van der Waals surface area contributed by atoms with Gasteiger partial charge < -0.3 is 20.7 Å². The maximum atomic E-state index is 12.0. The van der Waals surface area contributed by atoms with Crippen molar-refractivity contribution in [1.82, 2.24) is 16.0 Å². The second-order valence-corrected chi connectivity index (χ2v) is 8.00. The summed E-state index contributed by atoms with van der Waals surface area (Å²) in [7, 11) is 0. The molecule has 2 saturated heterocycles. The van der Waals surface area contributed by atoms with Crippen LogP contribution >= 0.6 is 11.8 Å². The number of rotatable bonds is 9. The molecule has 142 valence electrons. The molecule has 0 saturated carbocycles. The molecule has 0 unspecified atom stereocenters. The average molecular weight is 378 g/mol. The minimum Gasteiger partial charge on any atom is -0.494 e. The Bertz CT molecular complexity index is 640. The molecule has 1 aromatic rings. The van der Waals surface area contributed by atoms with Crippen LogP contribution in [0.3, 0.4) is 0 Å². The highest BCUT2D eigenvalue weighted by molar-refractivity contribution is 8.00. The van der Waals surface area contributed by atoms with Gasteiger partial charge >= 0.3 is 6.03 Å². The molecule has 3 rings (SSSR count). The Labute approximate surface area is 158 Å². The smallest absolute Gasteiger partial charge is 0.315 e. The number of carbonyl (C=O) groups excluding carboxylic acids is 2. The topological polar surface area (TPSA) is 79.5 Å². The van der Waals surface area contributed by atoms with E-state index in [2.05, 4.69) is 16.0 Å². The Hall–Kier alpha value is -1.89. The second-order valence-electron chi connectivity index (χ2n) is 6.72. The van der Waals surface area contributed by atoms with Crippen molar-refractivity contribution in [2.75, 3.05) is 12.4 Å². The van der Waals surface area contributed by atoms with Crippen LogP contribution in [0.15, 0.2) is 24.3 Å². The van der Waals surface area contributed by atoms with Crippen molar-refractivity contribution in [2.24, 2.45) is 0 Å². The molecule has 0 spiro atoms. The molecule has 0 radical (unpaired) electrons. The van der Waals surface area contributed by atoms with E-state index >= 15 is 0 Å². The van der Waals surface area contributed by atoms with Crippen molar-refractivity contribution < 1.29 is 14.3 Å². The number of hydrogen-bond acceptors (Lipinski definition) is 4. The lowest BCUT2D eigenvalue weighted by Gasteiger charge is -2.16. The molecule has 26 heavy (non-hydrogen) atoms. The van der Waals surface area contributed by atoms with E-state index in [9.17, 15) is 9.59 Å². The summed E-state index contributed by atoms with van der Waals surface area (Å²) in [6, 6.07) is 8.28. The lowest BCUT2D eigenvalue weighted by Crippen LogP contribution is -2.36. The molecule has 3 N–H and O–H groups in total. The van der Waals surface area contributed by atoms with Crippen LogP contribution in [0.1, 0.15) is 38.2 Å². The Balaban J connectivity index is 1.31. The number of urea groups is 1. The number of ether oxygens (including phenoxy) is 1. The normalized spacial score (nSPS) is 23.9. The summed E-state index contributed by atoms with van der Waals surface area (Å²) in [5.74, 6) is 1.90. The summed E-state index contributed by atoms with van der Waals surface area (Å²) >= 11 is 1.92. The first-order valence-electron chi connectivity index (χ1n) is 9.33. The van der Waals surface area contributed by atoms with Crippen LogP contribution in [-0.2, 0) is 11.3 Å². The fourth-order valence-corrected chi connectivity index (χ4v) is 5.02. The van der Waals surface area contributed by atoms with Crippen molar-refractivity contribution in [2.45, 2.75) is 56.5 Å². The lowest BCUT2D eigenvalue weighted by atomic mass is 10.0. The first-order chi connectivity index (χ1) is 12.7. The molecule has 2 heterocycles. The zero-order valence-corrected chi connectivity index (χ0v) is 15.9. The fourth-order valence-electron chi connectivity index (χ4n) is 3.48. The largest absolute Gasteiger partial charge is 0.494 e. The standard InChI is InChI=1S/C19H27N3O3S/c1-2-25-14-7-5-6-13(10-14)11-20-17(23)9-4-3-8-16-18-15(12-26-16)21-19(24)22-18/h5-7,10,15-16,18H,2-4,8-9,11-12H2,1H3,(H,20,23)(H2,21,22,24)/t15-,16-,18-/m0/s1. The first-order valence-corrected chi connectivity index (χ1v) is 10.4. The monoisotopic (exact) mass is 377 g/mol. The third-order valence-electron chi connectivity index (χ3n) is 4.78. The molecule has 2 aliphatic rings. The van der Waals surface area contributed by atoms with Gasteiger partial charge in [-0.3, -0.25) is 4.79 Å². The number of unbranched alkanes of at least 4 members (excludes halogenated alkanes) is 1. The van der Waals surface area contributed by atoms with Crippen LogP contribution in [0.5, 0.6) is 5.75 Å². The Morgan fingerprint density at radius 3 is 3.08 bits per heavy atom. The molecule has 0 aromatic heterocycles. The van der Waals surface area contributed by atoms with E-state index in [0.717, 1.165) is 36.3 Å². The molecule has 0 bridgehead atoms. The van der Waals surface area contributed by atoms with Crippen LogP contribution in [-0.4, -0.2) is 41.6 Å². The molecule has 7 heteroatoms. The van der Waals surface area contributed by atoms with Gasteiger partial charge in [0.2, 0.25) is 5.91 Å². The van der Waals surface area contributed by atoms with E-state index in [4.69, 9.17) is 4.74 Å². The molecule has 3 atom stereocenters. The van der Waals surface area contributed by atoms with Crippen LogP contribution in [0, 0.1) is 0 Å². The zero-order valence-electron chi connectivity index (χ0n) is 15.1. The van der Waals surface area contributed by atoms with Gasteiger partial charge in [0.05, 0.1) is 18.7 Å². The summed E-state index contributed by atoms with van der Waals surface area (Å²) in [5.41, 5.74) is 1.04. The van der Waals surface area contributed by atoms with E-state index in [1.54, 1.807) is 0 Å². The summed E-state index contributed by atoms with van der Waals surface area (Å²) in [4.78, 5) is 23.4. The SMILES string of the molecule is CCOc1cccc(CNC(=O)CCCC[C@@H]2SC[C@@H]3NC(=O)N[C@@H]32)c1. The van der Waals surface area contributed by atoms with Gasteiger partial charge in [-0.25, -0.2) is 4.79 Å². The highest BCUT2D eigenvalue weighted by atomic mass is 32.2. The number of benzene rings is 1. The molecule has 0 aliphatic carbocycles. The van der Waals surface area contributed by atoms with Crippen molar-refractivity contribution in [3.63, 3.8) is 0 Å². The molecule has 3 amide bonds. The number of carbonyl (C=O) groups is 2. The average Bonchev–Trinajstić information content (AvgIpc) is 3.17. The predicted molar refractivity (Wildman–Crippen MR) is 103 cm³/mol. The lowest BCUT2D eigenvalue weighted by molar-refractivity contribution is -0.121. The molecule has 2 fully saturated rings. The molecular formula is C19H27N3O3S. The summed E-state index contributed by atoms with van der Waals surface area (Å²) in [6.45, 7) is 3.12. The summed E-state index contributed by atoms with van der Waals surface area (Å²) < 4.78 is 5.47. The number of amides is 3. The van der Waals surface area contributed by atoms with Gasteiger partial charge in [0, 0.05) is 24.0 Å². The maximum Gasteiger partial charge on any atom is 0.315 e.